The Labute approximate surface area is 159 Å². The van der Waals surface area contributed by atoms with Crippen molar-refractivity contribution in [1.82, 2.24) is 10.3 Å². The number of thiazole rings is 1. The van der Waals surface area contributed by atoms with Crippen LogP contribution in [0.3, 0.4) is 0 Å². The predicted molar refractivity (Wildman–Crippen MR) is 98.9 cm³/mol. The van der Waals surface area contributed by atoms with Gasteiger partial charge in [-0.3, -0.25) is 9.59 Å². The number of carboxylic acids is 1. The molecule has 0 aliphatic rings. The zero-order chi connectivity index (χ0) is 20.1. The fraction of sp³-hybridized carbons (Fsp3) is 0.333. The first-order valence-electron chi connectivity index (χ1n) is 8.21. The van der Waals surface area contributed by atoms with Crippen molar-refractivity contribution in [3.63, 3.8) is 0 Å². The molecule has 27 heavy (non-hydrogen) atoms. The number of aromatic nitrogens is 1. The first kappa shape index (κ1) is 20.5. The molecule has 0 radical (unpaired) electrons. The fourth-order valence-electron chi connectivity index (χ4n) is 2.21. The van der Waals surface area contributed by atoms with E-state index in [1.807, 2.05) is 0 Å². The van der Waals surface area contributed by atoms with Crippen molar-refractivity contribution in [2.75, 3.05) is 5.32 Å². The van der Waals surface area contributed by atoms with Gasteiger partial charge in [0.25, 0.3) is 0 Å². The molecule has 1 unspecified atom stereocenters. The third-order valence-corrected chi connectivity index (χ3v) is 4.52. The minimum absolute atomic E-state index is 0.141. The summed E-state index contributed by atoms with van der Waals surface area (Å²) < 4.78 is 13.4. The molecule has 144 valence electrons. The van der Waals surface area contributed by atoms with Crippen LogP contribution in [0.5, 0.6) is 0 Å². The molecule has 3 N–H and O–H groups in total. The third-order valence-electron chi connectivity index (χ3n) is 3.72. The molecule has 0 bridgehead atoms. The van der Waals surface area contributed by atoms with Gasteiger partial charge in [-0.05, 0) is 24.1 Å². The summed E-state index contributed by atoms with van der Waals surface area (Å²) in [5, 5.41) is 16.4. The van der Waals surface area contributed by atoms with Crippen LogP contribution in [0.1, 0.15) is 36.7 Å². The van der Waals surface area contributed by atoms with Crippen molar-refractivity contribution >= 4 is 34.3 Å². The Hall–Kier alpha value is -2.81. The van der Waals surface area contributed by atoms with Crippen molar-refractivity contribution < 1.29 is 23.9 Å². The second-order valence-corrected chi connectivity index (χ2v) is 7.17. The summed E-state index contributed by atoms with van der Waals surface area (Å²) >= 11 is 1.18. The number of carbonyl (C=O) groups is 3. The number of amides is 2. The van der Waals surface area contributed by atoms with Crippen LogP contribution in [0.15, 0.2) is 23.6 Å². The van der Waals surface area contributed by atoms with Crippen molar-refractivity contribution in [1.29, 1.82) is 0 Å². The SMILES string of the molecule is Cc1cc(C(NC(=O)Cc2csc(NC(=O)C(C)C)n2)C(=O)O)ccc1F. The van der Waals surface area contributed by atoms with E-state index in [4.69, 9.17) is 0 Å². The molecule has 0 saturated carbocycles. The molecular formula is C18H20FN3O4S. The van der Waals surface area contributed by atoms with Gasteiger partial charge < -0.3 is 15.7 Å². The van der Waals surface area contributed by atoms with Crippen LogP contribution >= 0.6 is 11.3 Å². The van der Waals surface area contributed by atoms with Crippen LogP contribution in [0.25, 0.3) is 0 Å². The van der Waals surface area contributed by atoms with E-state index in [0.29, 0.717) is 10.8 Å². The molecule has 0 fully saturated rings. The number of nitrogens with zero attached hydrogens (tertiary/aromatic N) is 1. The summed E-state index contributed by atoms with van der Waals surface area (Å²) in [6.45, 7) is 5.02. The normalized spacial score (nSPS) is 11.9. The molecule has 9 heteroatoms. The monoisotopic (exact) mass is 393 g/mol. The number of aliphatic carboxylic acids is 1. The fourth-order valence-corrected chi connectivity index (χ4v) is 2.92. The number of halogens is 1. The maximum absolute atomic E-state index is 13.4. The van der Waals surface area contributed by atoms with Gasteiger partial charge in [-0.25, -0.2) is 14.2 Å². The molecule has 7 nitrogen and oxygen atoms in total. The van der Waals surface area contributed by atoms with E-state index in [9.17, 15) is 23.9 Å². The van der Waals surface area contributed by atoms with Gasteiger partial charge in [0.15, 0.2) is 11.2 Å². The van der Waals surface area contributed by atoms with E-state index in [1.165, 1.54) is 30.4 Å². The van der Waals surface area contributed by atoms with Gasteiger partial charge in [0.05, 0.1) is 12.1 Å². The molecule has 0 aliphatic carbocycles. The lowest BCUT2D eigenvalue weighted by Crippen LogP contribution is -2.34. The summed E-state index contributed by atoms with van der Waals surface area (Å²) in [6, 6.07) is 2.58. The second kappa shape index (κ2) is 8.72. The molecule has 1 atom stereocenters. The Balaban J connectivity index is 2.04. The Morgan fingerprint density at radius 2 is 2.00 bits per heavy atom. The molecule has 1 aromatic heterocycles. The topological polar surface area (TPSA) is 108 Å². The molecular weight excluding hydrogens is 373 g/mol. The Morgan fingerprint density at radius 1 is 1.30 bits per heavy atom. The van der Waals surface area contributed by atoms with Crippen molar-refractivity contribution in [3.8, 4) is 0 Å². The Bertz CT molecular complexity index is 866. The minimum atomic E-state index is -1.30. The summed E-state index contributed by atoms with van der Waals surface area (Å²) in [5.41, 5.74) is 0.979. The number of benzene rings is 1. The van der Waals surface area contributed by atoms with E-state index in [0.717, 1.165) is 6.07 Å². The number of anilines is 1. The molecule has 1 aromatic carbocycles. The highest BCUT2D eigenvalue weighted by Gasteiger charge is 2.23. The third kappa shape index (κ3) is 5.58. The maximum Gasteiger partial charge on any atom is 0.330 e. The largest absolute Gasteiger partial charge is 0.479 e. The van der Waals surface area contributed by atoms with Crippen molar-refractivity contribution in [2.45, 2.75) is 33.2 Å². The van der Waals surface area contributed by atoms with Gasteiger partial charge in [0.1, 0.15) is 5.82 Å². The summed E-state index contributed by atoms with van der Waals surface area (Å²) in [6.07, 6.45) is -0.141. The zero-order valence-electron chi connectivity index (χ0n) is 15.1. The molecule has 2 amide bonds. The first-order valence-corrected chi connectivity index (χ1v) is 9.08. The number of hydrogen-bond donors (Lipinski definition) is 3. The van der Waals surface area contributed by atoms with E-state index >= 15 is 0 Å². The second-order valence-electron chi connectivity index (χ2n) is 6.31. The minimum Gasteiger partial charge on any atom is -0.479 e. The summed E-state index contributed by atoms with van der Waals surface area (Å²) in [4.78, 5) is 39.5. The van der Waals surface area contributed by atoms with E-state index < -0.39 is 23.7 Å². The van der Waals surface area contributed by atoms with Gasteiger partial charge in [-0.2, -0.15) is 0 Å². The van der Waals surface area contributed by atoms with Gasteiger partial charge in [-0.15, -0.1) is 11.3 Å². The molecule has 0 saturated heterocycles. The molecule has 2 rings (SSSR count). The molecule has 0 spiro atoms. The number of aryl methyl sites for hydroxylation is 1. The number of carbonyl (C=O) groups excluding carboxylic acids is 2. The average Bonchev–Trinajstić information content (AvgIpc) is 3.01. The quantitative estimate of drug-likeness (QED) is 0.670. The average molecular weight is 393 g/mol. The number of hydrogen-bond acceptors (Lipinski definition) is 5. The lowest BCUT2D eigenvalue weighted by molar-refractivity contribution is -0.142. The lowest BCUT2D eigenvalue weighted by Gasteiger charge is -2.15. The molecule has 2 aromatic rings. The van der Waals surface area contributed by atoms with E-state index in [1.54, 1.807) is 19.2 Å². The maximum atomic E-state index is 13.4. The van der Waals surface area contributed by atoms with Crippen LogP contribution in [-0.2, 0) is 20.8 Å². The first-order chi connectivity index (χ1) is 12.7. The van der Waals surface area contributed by atoms with Gasteiger partial charge in [0, 0.05) is 11.3 Å². The van der Waals surface area contributed by atoms with Crippen molar-refractivity contribution in [2.24, 2.45) is 5.92 Å². The number of carboxylic acid groups (broad SMARTS) is 1. The smallest absolute Gasteiger partial charge is 0.330 e. The van der Waals surface area contributed by atoms with Crippen LogP contribution in [0, 0.1) is 18.7 Å². The number of nitrogens with one attached hydrogen (secondary N) is 2. The van der Waals surface area contributed by atoms with Crippen molar-refractivity contribution in [3.05, 3.63) is 46.2 Å². The van der Waals surface area contributed by atoms with E-state index in [-0.39, 0.29) is 29.4 Å². The zero-order valence-corrected chi connectivity index (χ0v) is 15.9. The summed E-state index contributed by atoms with van der Waals surface area (Å²) in [7, 11) is 0. The van der Waals surface area contributed by atoms with E-state index in [2.05, 4.69) is 15.6 Å². The highest BCUT2D eigenvalue weighted by Crippen LogP contribution is 2.19. The van der Waals surface area contributed by atoms with Crippen LogP contribution < -0.4 is 10.6 Å². The predicted octanol–water partition coefficient (Wildman–Crippen LogP) is 2.67. The van der Waals surface area contributed by atoms with Crippen LogP contribution in [-0.4, -0.2) is 27.9 Å². The standard InChI is InChI=1S/C18H20FN3O4S/c1-9(2)16(24)22-18-20-12(8-27-18)7-14(23)21-15(17(25)26)11-4-5-13(19)10(3)6-11/h4-6,8-9,15H,7H2,1-3H3,(H,21,23)(H,25,26)(H,20,22,24). The van der Waals surface area contributed by atoms with Gasteiger partial charge in [0.2, 0.25) is 11.8 Å². The Morgan fingerprint density at radius 3 is 2.59 bits per heavy atom. The number of rotatable bonds is 7. The summed E-state index contributed by atoms with van der Waals surface area (Å²) in [5.74, 6) is -2.63. The molecule has 1 heterocycles. The van der Waals surface area contributed by atoms with Gasteiger partial charge in [-0.1, -0.05) is 26.0 Å². The highest BCUT2D eigenvalue weighted by atomic mass is 32.1. The highest BCUT2D eigenvalue weighted by molar-refractivity contribution is 7.13. The van der Waals surface area contributed by atoms with Crippen LogP contribution in [0.2, 0.25) is 0 Å². The van der Waals surface area contributed by atoms with Gasteiger partial charge >= 0.3 is 5.97 Å². The van der Waals surface area contributed by atoms with Crippen LogP contribution in [0.4, 0.5) is 9.52 Å². The lowest BCUT2D eigenvalue weighted by atomic mass is 10.0. The Kier molecular flexibility index (Phi) is 6.62. The molecule has 0 aliphatic heterocycles.